The van der Waals surface area contributed by atoms with Crippen molar-refractivity contribution in [3.63, 3.8) is 0 Å². The Morgan fingerprint density at radius 2 is 2.30 bits per heavy atom. The Morgan fingerprint density at radius 1 is 1.50 bits per heavy atom. The van der Waals surface area contributed by atoms with Gasteiger partial charge in [0.15, 0.2) is 5.84 Å². The fourth-order valence-electron chi connectivity index (χ4n) is 1.39. The Kier molecular flexibility index (Phi) is 4.51. The molecular formula is C12H12N4O3S. The number of thiazole rings is 1. The summed E-state index contributed by atoms with van der Waals surface area (Å²) in [6.45, 7) is -0.0832. The molecule has 8 heteroatoms. The van der Waals surface area contributed by atoms with Crippen molar-refractivity contribution in [2.75, 3.05) is 11.9 Å². The van der Waals surface area contributed by atoms with Gasteiger partial charge in [-0.25, -0.2) is 4.98 Å². The van der Waals surface area contributed by atoms with Gasteiger partial charge in [-0.2, -0.15) is 0 Å². The fraction of sp³-hybridized carbons (Fsp3) is 0.0833. The summed E-state index contributed by atoms with van der Waals surface area (Å²) in [6, 6.07) is 6.86. The average molecular weight is 292 g/mol. The molecule has 0 saturated carbocycles. The molecule has 0 radical (unpaired) electrons. The number of rotatable bonds is 5. The summed E-state index contributed by atoms with van der Waals surface area (Å²) in [5, 5.41) is 15.6. The van der Waals surface area contributed by atoms with E-state index in [-0.39, 0.29) is 18.3 Å². The summed E-state index contributed by atoms with van der Waals surface area (Å²) < 4.78 is 5.36. The standard InChI is InChI=1S/C12H12N4O3S/c13-11(16-18)5-19-10-4-2-1-3-8(10)15-12(17)9-6-20-7-14-9/h1-4,6-7,18H,5H2,(H2,13,16)(H,15,17). The number of anilines is 1. The fourth-order valence-corrected chi connectivity index (χ4v) is 1.92. The van der Waals surface area contributed by atoms with Gasteiger partial charge in [-0.15, -0.1) is 11.3 Å². The van der Waals surface area contributed by atoms with E-state index in [0.29, 0.717) is 17.1 Å². The number of hydrogen-bond donors (Lipinski definition) is 3. The van der Waals surface area contributed by atoms with Crippen LogP contribution in [-0.4, -0.2) is 28.5 Å². The molecule has 2 rings (SSSR count). The van der Waals surface area contributed by atoms with E-state index in [1.807, 2.05) is 0 Å². The van der Waals surface area contributed by atoms with E-state index < -0.39 is 0 Å². The summed E-state index contributed by atoms with van der Waals surface area (Å²) in [4.78, 5) is 15.8. The predicted octanol–water partition coefficient (Wildman–Crippen LogP) is 1.52. The number of ether oxygens (including phenoxy) is 1. The lowest BCUT2D eigenvalue weighted by molar-refractivity contribution is 0.102. The first-order valence-corrected chi connectivity index (χ1v) is 6.52. The van der Waals surface area contributed by atoms with Gasteiger partial charge < -0.3 is 21.0 Å². The summed E-state index contributed by atoms with van der Waals surface area (Å²) in [7, 11) is 0. The molecule has 0 aliphatic rings. The normalized spacial score (nSPS) is 11.1. The molecule has 0 spiro atoms. The lowest BCUT2D eigenvalue weighted by Gasteiger charge is -2.11. The molecular weight excluding hydrogens is 280 g/mol. The van der Waals surface area contributed by atoms with Crippen molar-refractivity contribution in [2.45, 2.75) is 0 Å². The minimum atomic E-state index is -0.328. The van der Waals surface area contributed by atoms with E-state index in [9.17, 15) is 4.79 Å². The number of benzene rings is 1. The Bertz CT molecular complexity index is 613. The molecule has 0 fully saturated rings. The van der Waals surface area contributed by atoms with E-state index in [2.05, 4.69) is 15.5 Å². The number of oxime groups is 1. The van der Waals surface area contributed by atoms with Crippen LogP contribution >= 0.6 is 11.3 Å². The lowest BCUT2D eigenvalue weighted by atomic mass is 10.3. The molecule has 0 aliphatic carbocycles. The van der Waals surface area contributed by atoms with Gasteiger partial charge in [-0.05, 0) is 12.1 Å². The zero-order valence-electron chi connectivity index (χ0n) is 10.3. The minimum absolute atomic E-state index is 0.0642. The van der Waals surface area contributed by atoms with Crippen LogP contribution in [0.3, 0.4) is 0 Å². The third-order valence-corrected chi connectivity index (χ3v) is 2.89. The van der Waals surface area contributed by atoms with Crippen LogP contribution in [0, 0.1) is 0 Å². The van der Waals surface area contributed by atoms with Crippen LogP contribution in [0.15, 0.2) is 40.3 Å². The number of carbonyl (C=O) groups excluding carboxylic acids is 1. The van der Waals surface area contributed by atoms with Crippen molar-refractivity contribution < 1.29 is 14.7 Å². The third kappa shape index (κ3) is 3.45. The molecule has 2 aromatic rings. The van der Waals surface area contributed by atoms with Crippen LogP contribution in [0.1, 0.15) is 10.5 Å². The molecule has 0 unspecified atom stereocenters. The van der Waals surface area contributed by atoms with Crippen LogP contribution < -0.4 is 15.8 Å². The third-order valence-electron chi connectivity index (χ3n) is 2.30. The zero-order valence-corrected chi connectivity index (χ0v) is 11.1. The Labute approximate surface area is 118 Å². The van der Waals surface area contributed by atoms with E-state index in [4.69, 9.17) is 15.7 Å². The summed E-state index contributed by atoms with van der Waals surface area (Å²) in [5.74, 6) is 0.0272. The van der Waals surface area contributed by atoms with E-state index >= 15 is 0 Å². The maximum atomic E-state index is 11.9. The van der Waals surface area contributed by atoms with Crippen LogP contribution in [0.4, 0.5) is 5.69 Å². The molecule has 0 atom stereocenters. The second-order valence-electron chi connectivity index (χ2n) is 3.70. The van der Waals surface area contributed by atoms with Gasteiger partial charge in [0.05, 0.1) is 11.2 Å². The molecule has 0 aliphatic heterocycles. The topological polar surface area (TPSA) is 110 Å². The number of carbonyl (C=O) groups is 1. The van der Waals surface area contributed by atoms with Crippen molar-refractivity contribution in [1.29, 1.82) is 0 Å². The lowest BCUT2D eigenvalue weighted by Crippen LogP contribution is -2.21. The van der Waals surface area contributed by atoms with Crippen molar-refractivity contribution in [3.8, 4) is 5.75 Å². The van der Waals surface area contributed by atoms with Crippen molar-refractivity contribution in [1.82, 2.24) is 4.98 Å². The van der Waals surface area contributed by atoms with Crippen LogP contribution in [0.25, 0.3) is 0 Å². The highest BCUT2D eigenvalue weighted by Crippen LogP contribution is 2.24. The number of para-hydroxylation sites is 2. The number of amidine groups is 1. The van der Waals surface area contributed by atoms with Gasteiger partial charge >= 0.3 is 0 Å². The Morgan fingerprint density at radius 3 is 3.00 bits per heavy atom. The highest BCUT2D eigenvalue weighted by molar-refractivity contribution is 7.07. The molecule has 1 aromatic heterocycles. The Balaban J connectivity index is 2.09. The van der Waals surface area contributed by atoms with Crippen LogP contribution in [-0.2, 0) is 0 Å². The van der Waals surface area contributed by atoms with Gasteiger partial charge in [0, 0.05) is 5.38 Å². The highest BCUT2D eigenvalue weighted by atomic mass is 32.1. The monoisotopic (exact) mass is 292 g/mol. The molecule has 0 saturated heterocycles. The van der Waals surface area contributed by atoms with Gasteiger partial charge in [-0.3, -0.25) is 4.79 Å². The van der Waals surface area contributed by atoms with Gasteiger partial charge in [-0.1, -0.05) is 17.3 Å². The molecule has 0 bridgehead atoms. The van der Waals surface area contributed by atoms with E-state index in [1.165, 1.54) is 11.3 Å². The van der Waals surface area contributed by atoms with Crippen LogP contribution in [0.5, 0.6) is 5.75 Å². The largest absolute Gasteiger partial charge is 0.483 e. The average Bonchev–Trinajstić information content (AvgIpc) is 3.00. The summed E-state index contributed by atoms with van der Waals surface area (Å²) in [6.07, 6.45) is 0. The maximum Gasteiger partial charge on any atom is 0.275 e. The number of amides is 1. The molecule has 1 aromatic carbocycles. The van der Waals surface area contributed by atoms with Gasteiger partial charge in [0.2, 0.25) is 0 Å². The van der Waals surface area contributed by atoms with Crippen molar-refractivity contribution in [2.24, 2.45) is 10.9 Å². The summed E-state index contributed by atoms with van der Waals surface area (Å²) >= 11 is 1.34. The van der Waals surface area contributed by atoms with Gasteiger partial charge in [0.25, 0.3) is 5.91 Å². The van der Waals surface area contributed by atoms with E-state index in [1.54, 1.807) is 35.2 Å². The first kappa shape index (κ1) is 13.8. The number of nitrogens with two attached hydrogens (primary N) is 1. The van der Waals surface area contributed by atoms with Crippen molar-refractivity contribution >= 4 is 28.8 Å². The number of hydrogen-bond acceptors (Lipinski definition) is 6. The first-order chi connectivity index (χ1) is 9.70. The SMILES string of the molecule is NC(COc1ccccc1NC(=O)c1cscn1)=NO. The molecule has 4 N–H and O–H groups in total. The quantitative estimate of drug-likeness (QED) is 0.335. The predicted molar refractivity (Wildman–Crippen MR) is 75.4 cm³/mol. The maximum absolute atomic E-state index is 11.9. The minimum Gasteiger partial charge on any atom is -0.483 e. The molecule has 7 nitrogen and oxygen atoms in total. The number of nitrogens with one attached hydrogen (secondary N) is 1. The van der Waals surface area contributed by atoms with Crippen molar-refractivity contribution in [3.05, 3.63) is 40.8 Å². The number of aromatic nitrogens is 1. The van der Waals surface area contributed by atoms with Crippen LogP contribution in [0.2, 0.25) is 0 Å². The first-order valence-electron chi connectivity index (χ1n) is 5.58. The summed E-state index contributed by atoms with van der Waals surface area (Å²) in [5.41, 5.74) is 7.72. The Hall–Kier alpha value is -2.61. The molecule has 1 amide bonds. The molecule has 1 heterocycles. The zero-order chi connectivity index (χ0) is 14.4. The smallest absolute Gasteiger partial charge is 0.275 e. The second-order valence-corrected chi connectivity index (χ2v) is 4.42. The molecule has 104 valence electrons. The molecule has 20 heavy (non-hydrogen) atoms. The second kappa shape index (κ2) is 6.53. The van der Waals surface area contributed by atoms with E-state index in [0.717, 1.165) is 0 Å². The highest BCUT2D eigenvalue weighted by Gasteiger charge is 2.11. The van der Waals surface area contributed by atoms with Gasteiger partial charge in [0.1, 0.15) is 18.1 Å². The number of nitrogens with zero attached hydrogens (tertiary/aromatic N) is 2.